The first kappa shape index (κ1) is 22.9. The zero-order chi connectivity index (χ0) is 21.7. The van der Waals surface area contributed by atoms with E-state index >= 15 is 0 Å². The highest BCUT2D eigenvalue weighted by molar-refractivity contribution is 7.98. The summed E-state index contributed by atoms with van der Waals surface area (Å²) in [7, 11) is 0. The van der Waals surface area contributed by atoms with Gasteiger partial charge < -0.3 is 10.2 Å². The van der Waals surface area contributed by atoms with Crippen molar-refractivity contribution in [3.63, 3.8) is 0 Å². The molecule has 162 valence electrons. The van der Waals surface area contributed by atoms with Crippen molar-refractivity contribution in [1.29, 1.82) is 0 Å². The number of hydrogen-bond donors (Lipinski definition) is 1. The first-order chi connectivity index (χ1) is 14.3. The van der Waals surface area contributed by atoms with Gasteiger partial charge in [0.05, 0.1) is 0 Å². The van der Waals surface area contributed by atoms with E-state index in [4.69, 9.17) is 16.6 Å². The van der Waals surface area contributed by atoms with Gasteiger partial charge in [0.1, 0.15) is 11.0 Å². The van der Waals surface area contributed by atoms with Crippen LogP contribution in [-0.2, 0) is 5.75 Å². The van der Waals surface area contributed by atoms with Crippen molar-refractivity contribution in [2.24, 2.45) is 11.8 Å². The Hall–Kier alpha value is -1.79. The van der Waals surface area contributed by atoms with Crippen LogP contribution in [0.1, 0.15) is 56.5 Å². The predicted octanol–water partition coefficient (Wildman–Crippen LogP) is 5.43. The van der Waals surface area contributed by atoms with E-state index in [1.807, 2.05) is 37.3 Å². The van der Waals surface area contributed by atoms with E-state index < -0.39 is 0 Å². The average molecular weight is 447 g/mol. The first-order valence-corrected chi connectivity index (χ1v) is 12.0. The average Bonchev–Trinajstić information content (AvgIpc) is 2.72. The van der Waals surface area contributed by atoms with Gasteiger partial charge in [-0.3, -0.25) is 4.79 Å². The molecule has 1 aromatic carbocycles. The maximum absolute atomic E-state index is 12.5. The van der Waals surface area contributed by atoms with Gasteiger partial charge in [-0.1, -0.05) is 56.3 Å². The molecule has 1 atom stereocenters. The number of piperidine rings is 1. The fourth-order valence-corrected chi connectivity index (χ4v) is 4.28. The summed E-state index contributed by atoms with van der Waals surface area (Å²) in [5.41, 5.74) is 1.73. The maximum Gasteiger partial charge on any atom is 0.251 e. The second-order valence-electron chi connectivity index (χ2n) is 8.50. The summed E-state index contributed by atoms with van der Waals surface area (Å²) in [5, 5.41) is 4.19. The fourth-order valence-electron chi connectivity index (χ4n) is 3.26. The molecule has 2 heterocycles. The lowest BCUT2D eigenvalue weighted by Gasteiger charge is -2.31. The van der Waals surface area contributed by atoms with Gasteiger partial charge in [-0.15, -0.1) is 0 Å². The van der Waals surface area contributed by atoms with Crippen LogP contribution in [0.4, 0.5) is 5.82 Å². The number of hydrogen-bond acceptors (Lipinski definition) is 5. The Morgan fingerprint density at radius 2 is 1.97 bits per heavy atom. The van der Waals surface area contributed by atoms with Crippen molar-refractivity contribution in [2.75, 3.05) is 18.0 Å². The van der Waals surface area contributed by atoms with Crippen LogP contribution < -0.4 is 10.2 Å². The Kier molecular flexibility index (Phi) is 8.00. The maximum atomic E-state index is 12.5. The third-order valence-electron chi connectivity index (χ3n) is 5.68. The number of rotatable bonds is 7. The lowest BCUT2D eigenvalue weighted by atomic mass is 9.99. The highest BCUT2D eigenvalue weighted by Crippen LogP contribution is 2.27. The molecule has 2 aromatic rings. The van der Waals surface area contributed by atoms with Gasteiger partial charge >= 0.3 is 0 Å². The number of carbonyl (C=O) groups is 1. The molecule has 1 aliphatic rings. The van der Waals surface area contributed by atoms with E-state index in [1.54, 1.807) is 11.8 Å². The van der Waals surface area contributed by atoms with Gasteiger partial charge in [-0.05, 0) is 49.3 Å². The minimum Gasteiger partial charge on any atom is -0.356 e. The largest absolute Gasteiger partial charge is 0.356 e. The van der Waals surface area contributed by atoms with Gasteiger partial charge in [-0.25, -0.2) is 9.97 Å². The Bertz CT molecular complexity index is 868. The van der Waals surface area contributed by atoms with Gasteiger partial charge in [0.25, 0.3) is 5.91 Å². The zero-order valence-corrected chi connectivity index (χ0v) is 19.8. The molecule has 0 bridgehead atoms. The molecule has 1 aliphatic heterocycles. The Balaban J connectivity index is 1.65. The summed E-state index contributed by atoms with van der Waals surface area (Å²) >= 11 is 7.82. The van der Waals surface area contributed by atoms with Crippen molar-refractivity contribution in [1.82, 2.24) is 15.3 Å². The lowest BCUT2D eigenvalue weighted by molar-refractivity contribution is 0.0930. The summed E-state index contributed by atoms with van der Waals surface area (Å²) in [6, 6.07) is 9.71. The lowest BCUT2D eigenvalue weighted by Crippen LogP contribution is -2.36. The number of halogens is 1. The number of carbonyl (C=O) groups excluding carboxylic acids is 1. The highest BCUT2D eigenvalue weighted by Gasteiger charge is 2.18. The number of aromatic nitrogens is 2. The molecule has 0 aliphatic carbocycles. The van der Waals surface area contributed by atoms with Crippen molar-refractivity contribution in [3.8, 4) is 0 Å². The minimum absolute atomic E-state index is 0.0383. The van der Waals surface area contributed by atoms with Crippen molar-refractivity contribution in [3.05, 3.63) is 46.6 Å². The SMILES string of the molecule is CC1CCN(c2cc(Cl)nc(SCc3cccc(C(=O)NC(C)C(C)C)c3)n2)CC1. The third kappa shape index (κ3) is 6.35. The van der Waals surface area contributed by atoms with Crippen LogP contribution >= 0.6 is 23.4 Å². The monoisotopic (exact) mass is 446 g/mol. The van der Waals surface area contributed by atoms with E-state index in [0.717, 1.165) is 30.4 Å². The summed E-state index contributed by atoms with van der Waals surface area (Å²) < 4.78 is 0. The fraction of sp³-hybridized carbons (Fsp3) is 0.522. The number of amides is 1. The molecule has 0 radical (unpaired) electrons. The molecular weight excluding hydrogens is 416 g/mol. The van der Waals surface area contributed by atoms with E-state index in [9.17, 15) is 4.79 Å². The normalized spacial score (nSPS) is 16.0. The van der Waals surface area contributed by atoms with E-state index in [2.05, 4.69) is 36.0 Å². The Morgan fingerprint density at radius 1 is 1.23 bits per heavy atom. The van der Waals surface area contributed by atoms with Crippen LogP contribution in [-0.4, -0.2) is 35.0 Å². The van der Waals surface area contributed by atoms with Gasteiger partial charge in [0.15, 0.2) is 5.16 Å². The van der Waals surface area contributed by atoms with E-state index in [-0.39, 0.29) is 11.9 Å². The topological polar surface area (TPSA) is 58.1 Å². The molecule has 5 nitrogen and oxygen atoms in total. The van der Waals surface area contributed by atoms with Crippen molar-refractivity contribution < 1.29 is 4.79 Å². The number of thioether (sulfide) groups is 1. The van der Waals surface area contributed by atoms with E-state index in [1.165, 1.54) is 12.8 Å². The summed E-state index contributed by atoms with van der Waals surface area (Å²) in [4.78, 5) is 23.9. The second kappa shape index (κ2) is 10.5. The molecule has 1 fully saturated rings. The summed E-state index contributed by atoms with van der Waals surface area (Å²) in [6.07, 6.45) is 2.35. The second-order valence-corrected chi connectivity index (χ2v) is 9.83. The molecule has 1 N–H and O–H groups in total. The molecule has 1 aromatic heterocycles. The third-order valence-corrected chi connectivity index (χ3v) is 6.80. The molecule has 7 heteroatoms. The molecule has 30 heavy (non-hydrogen) atoms. The Morgan fingerprint density at radius 3 is 2.67 bits per heavy atom. The standard InChI is InChI=1S/C23H31ClN4OS/c1-15(2)17(4)25-22(29)19-7-5-6-18(12-19)14-30-23-26-20(24)13-21(27-23)28-10-8-16(3)9-11-28/h5-7,12-13,15-17H,8-11,14H2,1-4H3,(H,25,29). The molecule has 0 spiro atoms. The molecule has 1 amide bonds. The Labute approximate surface area is 189 Å². The van der Waals surface area contributed by atoms with Crippen LogP contribution in [0.5, 0.6) is 0 Å². The van der Waals surface area contributed by atoms with Crippen LogP contribution in [0.3, 0.4) is 0 Å². The van der Waals surface area contributed by atoms with Crippen LogP contribution in [0.15, 0.2) is 35.5 Å². The van der Waals surface area contributed by atoms with Crippen LogP contribution in [0.25, 0.3) is 0 Å². The quantitative estimate of drug-likeness (QED) is 0.349. The predicted molar refractivity (Wildman–Crippen MR) is 125 cm³/mol. The number of nitrogens with one attached hydrogen (secondary N) is 1. The first-order valence-electron chi connectivity index (χ1n) is 10.6. The summed E-state index contributed by atoms with van der Waals surface area (Å²) in [5.74, 6) is 2.70. The van der Waals surface area contributed by atoms with Gasteiger partial charge in [0, 0.05) is 36.5 Å². The minimum atomic E-state index is -0.0383. The van der Waals surface area contributed by atoms with Gasteiger partial charge in [-0.2, -0.15) is 0 Å². The molecule has 1 saturated heterocycles. The molecule has 0 saturated carbocycles. The number of nitrogens with zero attached hydrogens (tertiary/aromatic N) is 3. The van der Waals surface area contributed by atoms with Crippen molar-refractivity contribution >= 4 is 35.1 Å². The van der Waals surface area contributed by atoms with E-state index in [0.29, 0.717) is 27.5 Å². The molecule has 3 rings (SSSR count). The van der Waals surface area contributed by atoms with Crippen molar-refractivity contribution in [2.45, 2.75) is 57.5 Å². The van der Waals surface area contributed by atoms with Gasteiger partial charge in [0.2, 0.25) is 0 Å². The van der Waals surface area contributed by atoms with Crippen LogP contribution in [0, 0.1) is 11.8 Å². The zero-order valence-electron chi connectivity index (χ0n) is 18.2. The molecule has 1 unspecified atom stereocenters. The number of anilines is 1. The number of benzene rings is 1. The van der Waals surface area contributed by atoms with Crippen LogP contribution in [0.2, 0.25) is 5.15 Å². The highest BCUT2D eigenvalue weighted by atomic mass is 35.5. The smallest absolute Gasteiger partial charge is 0.251 e. The molecular formula is C23H31ClN4OS. The summed E-state index contributed by atoms with van der Waals surface area (Å²) in [6.45, 7) is 10.5.